The minimum absolute atomic E-state index is 0.141. The summed E-state index contributed by atoms with van der Waals surface area (Å²) in [5.74, 6) is -0.0156. The highest BCUT2D eigenvalue weighted by molar-refractivity contribution is 5.95. The van der Waals surface area contributed by atoms with Gasteiger partial charge in [0.25, 0.3) is 11.8 Å². The highest BCUT2D eigenvalue weighted by Crippen LogP contribution is 2.25. The van der Waals surface area contributed by atoms with Crippen LogP contribution in [0.3, 0.4) is 0 Å². The molecule has 4 rings (SSSR count). The average Bonchev–Trinajstić information content (AvgIpc) is 3.38. The van der Waals surface area contributed by atoms with E-state index in [1.165, 1.54) is 6.26 Å². The van der Waals surface area contributed by atoms with Gasteiger partial charge in [-0.05, 0) is 32.9 Å². The molecule has 32 heavy (non-hydrogen) atoms. The van der Waals surface area contributed by atoms with Gasteiger partial charge in [-0.2, -0.15) is 5.10 Å². The number of nitrogens with zero attached hydrogens (tertiary/aromatic N) is 5. The molecule has 0 spiro atoms. The van der Waals surface area contributed by atoms with E-state index in [2.05, 4.69) is 5.10 Å². The molecule has 2 aliphatic rings. The lowest BCUT2D eigenvalue weighted by molar-refractivity contribution is 0.0221. The van der Waals surface area contributed by atoms with Crippen molar-refractivity contribution < 1.29 is 23.5 Å². The number of carbonyl (C=O) groups excluding carboxylic acids is 3. The van der Waals surface area contributed by atoms with Gasteiger partial charge in [-0.25, -0.2) is 4.79 Å². The molecule has 0 radical (unpaired) electrons. The maximum absolute atomic E-state index is 13.4. The second-order valence-corrected chi connectivity index (χ2v) is 9.11. The number of fused-ring (bicyclic) bond motifs is 1. The lowest BCUT2D eigenvalue weighted by Crippen LogP contribution is -2.51. The van der Waals surface area contributed by atoms with Crippen LogP contribution < -0.4 is 0 Å². The maximum Gasteiger partial charge on any atom is 0.410 e. The summed E-state index contributed by atoms with van der Waals surface area (Å²) in [4.78, 5) is 43.4. The molecule has 1 fully saturated rings. The van der Waals surface area contributed by atoms with Crippen LogP contribution in [0.15, 0.2) is 22.8 Å². The van der Waals surface area contributed by atoms with E-state index < -0.39 is 11.7 Å². The van der Waals surface area contributed by atoms with Crippen LogP contribution in [-0.4, -0.2) is 80.7 Å². The molecule has 10 heteroatoms. The van der Waals surface area contributed by atoms with E-state index in [1.807, 2.05) is 20.8 Å². The van der Waals surface area contributed by atoms with Gasteiger partial charge >= 0.3 is 6.09 Å². The van der Waals surface area contributed by atoms with E-state index in [1.54, 1.807) is 38.6 Å². The third-order valence-corrected chi connectivity index (χ3v) is 5.64. The molecule has 2 aromatic heterocycles. The predicted molar refractivity (Wildman–Crippen MR) is 114 cm³/mol. The van der Waals surface area contributed by atoms with Crippen LogP contribution in [0.2, 0.25) is 0 Å². The minimum atomic E-state index is -0.586. The van der Waals surface area contributed by atoms with Crippen LogP contribution >= 0.6 is 0 Å². The molecule has 0 bridgehead atoms. The number of rotatable bonds is 2. The molecular formula is C22H29N5O5. The Balaban J connectivity index is 1.45. The summed E-state index contributed by atoms with van der Waals surface area (Å²) in [6.45, 7) is 7.96. The molecule has 0 saturated carbocycles. The van der Waals surface area contributed by atoms with Gasteiger partial charge in [-0.1, -0.05) is 0 Å². The average molecular weight is 444 g/mol. The number of hydrogen-bond donors (Lipinski definition) is 0. The number of ether oxygens (including phenoxy) is 1. The summed E-state index contributed by atoms with van der Waals surface area (Å²) in [6, 6.07) is 3.32. The highest BCUT2D eigenvalue weighted by Gasteiger charge is 2.34. The van der Waals surface area contributed by atoms with Crippen LogP contribution in [0.4, 0.5) is 4.79 Å². The second-order valence-electron chi connectivity index (χ2n) is 9.11. The lowest BCUT2D eigenvalue weighted by atomic mass is 10.0. The zero-order valence-electron chi connectivity index (χ0n) is 19.0. The Hall–Kier alpha value is -3.30. The molecule has 0 aliphatic carbocycles. The van der Waals surface area contributed by atoms with Gasteiger partial charge in [0.05, 0.1) is 18.5 Å². The summed E-state index contributed by atoms with van der Waals surface area (Å²) in [7, 11) is 1.75. The smallest absolute Gasteiger partial charge is 0.410 e. The molecule has 4 heterocycles. The van der Waals surface area contributed by atoms with Crippen LogP contribution in [0, 0.1) is 0 Å². The molecule has 0 unspecified atom stereocenters. The SMILES string of the molecule is Cn1nc2c(c1C(=O)N1CCN(C(=O)c3ccco3)CC1)CN(C(=O)OC(C)(C)C)CC2. The Kier molecular flexibility index (Phi) is 5.70. The van der Waals surface area contributed by atoms with Crippen molar-refractivity contribution in [3.8, 4) is 0 Å². The summed E-state index contributed by atoms with van der Waals surface area (Å²) in [5, 5.41) is 4.53. The van der Waals surface area contributed by atoms with Crippen LogP contribution in [0.1, 0.15) is 53.1 Å². The number of aryl methyl sites for hydroxylation is 1. The lowest BCUT2D eigenvalue weighted by Gasteiger charge is -2.35. The Morgan fingerprint density at radius 1 is 1.00 bits per heavy atom. The molecule has 2 aliphatic heterocycles. The van der Waals surface area contributed by atoms with Crippen LogP contribution in [0.5, 0.6) is 0 Å². The van der Waals surface area contributed by atoms with Crippen LogP contribution in [0.25, 0.3) is 0 Å². The Labute approximate surface area is 186 Å². The molecule has 3 amide bonds. The number of furan rings is 1. The van der Waals surface area contributed by atoms with E-state index >= 15 is 0 Å². The van der Waals surface area contributed by atoms with Gasteiger partial charge in [-0.15, -0.1) is 0 Å². The van der Waals surface area contributed by atoms with Gasteiger partial charge in [0.1, 0.15) is 11.3 Å². The van der Waals surface area contributed by atoms with E-state index in [9.17, 15) is 14.4 Å². The molecule has 0 atom stereocenters. The van der Waals surface area contributed by atoms with Crippen molar-refractivity contribution in [3.05, 3.63) is 41.1 Å². The van der Waals surface area contributed by atoms with Gasteiger partial charge in [0.15, 0.2) is 5.76 Å². The predicted octanol–water partition coefficient (Wildman–Crippen LogP) is 1.90. The Morgan fingerprint density at radius 3 is 2.25 bits per heavy atom. The van der Waals surface area contributed by atoms with Gasteiger partial charge < -0.3 is 23.9 Å². The van der Waals surface area contributed by atoms with Gasteiger partial charge in [0, 0.05) is 51.8 Å². The first kappa shape index (κ1) is 21.9. The van der Waals surface area contributed by atoms with Crippen molar-refractivity contribution in [3.63, 3.8) is 0 Å². The summed E-state index contributed by atoms with van der Waals surface area (Å²) >= 11 is 0. The van der Waals surface area contributed by atoms with Crippen LogP contribution in [-0.2, 0) is 24.8 Å². The van der Waals surface area contributed by atoms with Crippen molar-refractivity contribution in [2.45, 2.75) is 39.3 Å². The second kappa shape index (κ2) is 8.33. The van der Waals surface area contributed by atoms with E-state index in [4.69, 9.17) is 9.15 Å². The largest absolute Gasteiger partial charge is 0.459 e. The van der Waals surface area contributed by atoms with Gasteiger partial charge in [0.2, 0.25) is 0 Å². The zero-order valence-corrected chi connectivity index (χ0v) is 19.0. The molecule has 10 nitrogen and oxygen atoms in total. The number of carbonyl (C=O) groups is 3. The highest BCUT2D eigenvalue weighted by atomic mass is 16.6. The quantitative estimate of drug-likeness (QED) is 0.703. The number of aromatic nitrogens is 2. The topological polar surface area (TPSA) is 101 Å². The van der Waals surface area contributed by atoms with Crippen molar-refractivity contribution in [2.75, 3.05) is 32.7 Å². The fourth-order valence-electron chi connectivity index (χ4n) is 4.07. The zero-order chi connectivity index (χ0) is 23.0. The Bertz CT molecular complexity index is 1010. The standard InChI is InChI=1S/C22H29N5O5/c1-22(2,3)32-21(30)27-8-7-16-15(14-27)18(24(4)23-16)20(29)26-11-9-25(10-12-26)19(28)17-6-5-13-31-17/h5-6,13H,7-12,14H2,1-4H3. The fourth-order valence-corrected chi connectivity index (χ4v) is 4.07. The normalized spacial score (nSPS) is 16.7. The number of piperazine rings is 1. The molecular weight excluding hydrogens is 414 g/mol. The van der Waals surface area contributed by atoms with Crippen molar-refractivity contribution in [2.24, 2.45) is 7.05 Å². The molecule has 0 aromatic carbocycles. The van der Waals surface area contributed by atoms with Crippen molar-refractivity contribution in [1.29, 1.82) is 0 Å². The van der Waals surface area contributed by atoms with E-state index in [-0.39, 0.29) is 18.4 Å². The Morgan fingerprint density at radius 2 is 1.66 bits per heavy atom. The first-order chi connectivity index (χ1) is 15.1. The first-order valence-electron chi connectivity index (χ1n) is 10.8. The fraction of sp³-hybridized carbons (Fsp3) is 0.545. The van der Waals surface area contributed by atoms with E-state index in [0.717, 1.165) is 11.3 Å². The minimum Gasteiger partial charge on any atom is -0.459 e. The van der Waals surface area contributed by atoms with E-state index in [0.29, 0.717) is 50.6 Å². The van der Waals surface area contributed by atoms with Gasteiger partial charge in [-0.3, -0.25) is 14.3 Å². The van der Waals surface area contributed by atoms with Crippen molar-refractivity contribution >= 4 is 17.9 Å². The maximum atomic E-state index is 13.4. The molecule has 0 N–H and O–H groups in total. The number of amides is 3. The third-order valence-electron chi connectivity index (χ3n) is 5.64. The van der Waals surface area contributed by atoms with Crippen molar-refractivity contribution in [1.82, 2.24) is 24.5 Å². The molecule has 172 valence electrons. The summed E-state index contributed by atoms with van der Waals surface area (Å²) in [5.41, 5.74) is 1.50. The summed E-state index contributed by atoms with van der Waals surface area (Å²) < 4.78 is 12.3. The monoisotopic (exact) mass is 443 g/mol. The third kappa shape index (κ3) is 4.35. The molecule has 2 aromatic rings. The molecule has 1 saturated heterocycles. The first-order valence-corrected chi connectivity index (χ1v) is 10.8. The summed E-state index contributed by atoms with van der Waals surface area (Å²) in [6.07, 6.45) is 1.65. The number of hydrogen-bond acceptors (Lipinski definition) is 6.